The lowest BCUT2D eigenvalue weighted by molar-refractivity contribution is -0.152. The van der Waals surface area contributed by atoms with Gasteiger partial charge in [-0.15, -0.1) is 0 Å². The van der Waals surface area contributed by atoms with Crippen LogP contribution in [0.2, 0.25) is 0 Å². The second kappa shape index (κ2) is 12.8. The number of aromatic nitrogens is 4. The number of hydrogen-bond donors (Lipinski definition) is 1. The minimum Gasteiger partial charge on any atom is -0.468 e. The van der Waals surface area contributed by atoms with Crippen LogP contribution in [-0.4, -0.2) is 99.2 Å². The first-order chi connectivity index (χ1) is 22.9. The van der Waals surface area contributed by atoms with Gasteiger partial charge in [0.15, 0.2) is 0 Å². The molecule has 1 aliphatic carbocycles. The van der Waals surface area contributed by atoms with Crippen molar-refractivity contribution in [3.63, 3.8) is 0 Å². The highest BCUT2D eigenvalue weighted by molar-refractivity contribution is 6.00. The molecule has 2 aliphatic rings. The van der Waals surface area contributed by atoms with Crippen LogP contribution in [0.5, 0.6) is 0 Å². The number of amides is 3. The fourth-order valence-electron chi connectivity index (χ4n) is 6.94. The average Bonchev–Trinajstić information content (AvgIpc) is 3.56. The molecule has 1 saturated carbocycles. The molecule has 6 rings (SSSR count). The number of rotatable bonds is 11. The Hall–Kier alpha value is -5.14. The predicted octanol–water partition coefficient (Wildman–Crippen LogP) is 2.55. The third kappa shape index (κ3) is 6.26. The van der Waals surface area contributed by atoms with E-state index >= 15 is 4.39 Å². The Balaban J connectivity index is 1.28. The summed E-state index contributed by atoms with van der Waals surface area (Å²) in [5.41, 5.74) is 3.18. The molecule has 0 atom stereocenters. The Bertz CT molecular complexity index is 1950. The summed E-state index contributed by atoms with van der Waals surface area (Å²) in [4.78, 5) is 64.0. The van der Waals surface area contributed by atoms with Crippen LogP contribution in [0.15, 0.2) is 36.5 Å². The monoisotopic (exact) mass is 659 g/mol. The van der Waals surface area contributed by atoms with Crippen molar-refractivity contribution in [1.29, 1.82) is 0 Å². The van der Waals surface area contributed by atoms with Gasteiger partial charge in [0.05, 0.1) is 36.6 Å². The maximum absolute atomic E-state index is 15.7. The number of nitrogens with zero attached hydrogens (tertiary/aromatic N) is 6. The summed E-state index contributed by atoms with van der Waals surface area (Å²) < 4.78 is 23.5. The number of fused-ring (bicyclic) bond motifs is 2. The molecule has 3 heterocycles. The van der Waals surface area contributed by atoms with Gasteiger partial charge in [0.2, 0.25) is 17.7 Å². The molecule has 4 aromatic rings. The van der Waals surface area contributed by atoms with Gasteiger partial charge >= 0.3 is 5.97 Å². The molecular formula is C34H38FN7O6. The van der Waals surface area contributed by atoms with Crippen molar-refractivity contribution < 1.29 is 33.1 Å². The quantitative estimate of drug-likeness (QED) is 0.242. The average molecular weight is 660 g/mol. The largest absolute Gasteiger partial charge is 0.468 e. The molecule has 1 aliphatic heterocycles. The van der Waals surface area contributed by atoms with Gasteiger partial charge in [-0.05, 0) is 43.5 Å². The van der Waals surface area contributed by atoms with E-state index in [2.05, 4.69) is 15.2 Å². The number of benzene rings is 2. The summed E-state index contributed by atoms with van der Waals surface area (Å²) in [6.45, 7) is 1.99. The Morgan fingerprint density at radius 1 is 1.08 bits per heavy atom. The van der Waals surface area contributed by atoms with E-state index < -0.39 is 17.7 Å². The predicted molar refractivity (Wildman–Crippen MR) is 173 cm³/mol. The summed E-state index contributed by atoms with van der Waals surface area (Å²) in [6, 6.07) is 8.75. The van der Waals surface area contributed by atoms with Crippen LogP contribution in [0, 0.1) is 11.2 Å². The van der Waals surface area contributed by atoms with Crippen molar-refractivity contribution in [2.24, 2.45) is 12.5 Å². The number of ether oxygens (including phenoxy) is 1. The fourth-order valence-corrected chi connectivity index (χ4v) is 6.94. The molecule has 48 heavy (non-hydrogen) atoms. The lowest BCUT2D eigenvalue weighted by Crippen LogP contribution is -2.63. The molecule has 1 N–H and O–H groups in total. The van der Waals surface area contributed by atoms with Crippen molar-refractivity contribution >= 4 is 51.3 Å². The van der Waals surface area contributed by atoms with Crippen LogP contribution < -0.4 is 5.32 Å². The normalized spacial score (nSPS) is 15.3. The second-order valence-electron chi connectivity index (χ2n) is 13.1. The van der Waals surface area contributed by atoms with E-state index in [-0.39, 0.29) is 61.4 Å². The van der Waals surface area contributed by atoms with Gasteiger partial charge in [-0.1, -0.05) is 12.1 Å². The zero-order valence-corrected chi connectivity index (χ0v) is 27.4. The van der Waals surface area contributed by atoms with E-state index in [0.717, 1.165) is 29.4 Å². The highest BCUT2D eigenvalue weighted by atomic mass is 19.1. The molecule has 13 nitrogen and oxygen atoms in total. The van der Waals surface area contributed by atoms with E-state index in [1.807, 2.05) is 12.1 Å². The first-order valence-electron chi connectivity index (χ1n) is 15.8. The zero-order chi connectivity index (χ0) is 34.3. The van der Waals surface area contributed by atoms with Crippen molar-refractivity contribution in [3.05, 3.63) is 48.0 Å². The highest BCUT2D eigenvalue weighted by Gasteiger charge is 2.54. The maximum atomic E-state index is 15.7. The summed E-state index contributed by atoms with van der Waals surface area (Å²) in [5.74, 6) is -1.90. The molecule has 14 heteroatoms. The maximum Gasteiger partial charge on any atom is 0.325 e. The number of likely N-dealkylation sites (N-methyl/N-ethyl adjacent to an activating group) is 1. The first-order valence-corrected chi connectivity index (χ1v) is 15.8. The van der Waals surface area contributed by atoms with Crippen molar-refractivity contribution in [1.82, 2.24) is 34.7 Å². The number of nitrogens with one attached hydrogen (secondary N) is 1. The summed E-state index contributed by atoms with van der Waals surface area (Å²) in [6.07, 6.45) is 3.63. The number of esters is 1. The standard InChI is InChI=1S/C34H38FN7O6/c1-20(43)8-9-29(45)41-18-34(19-41)12-22(13-34)33-32-23(24-11-27-21(10-25(24)35)14-37-40(27)3)6-5-7-26(32)42(38-33)17-30(46)39(2)16-28(44)36-15-31(47)48-4/h5-7,10-11,14,22H,8-9,12-13,15-19H2,1-4H3,(H,36,44). The molecule has 2 aromatic carbocycles. The highest BCUT2D eigenvalue weighted by Crippen LogP contribution is 2.57. The van der Waals surface area contributed by atoms with Gasteiger partial charge in [0, 0.05) is 67.7 Å². The van der Waals surface area contributed by atoms with Crippen LogP contribution >= 0.6 is 0 Å². The van der Waals surface area contributed by atoms with Gasteiger partial charge in [-0.25, -0.2) is 4.39 Å². The molecule has 0 radical (unpaired) electrons. The molecule has 2 aromatic heterocycles. The number of hydrogen-bond acceptors (Lipinski definition) is 8. The minimum absolute atomic E-state index is 0.00829. The third-order valence-electron chi connectivity index (χ3n) is 9.52. The summed E-state index contributed by atoms with van der Waals surface area (Å²) in [5, 5.41) is 13.1. The van der Waals surface area contributed by atoms with E-state index in [1.54, 1.807) is 39.6 Å². The number of halogens is 1. The lowest BCUT2D eigenvalue weighted by atomic mass is 9.56. The molecule has 2 fully saturated rings. The van der Waals surface area contributed by atoms with Crippen LogP contribution in [-0.2, 0) is 42.3 Å². The van der Waals surface area contributed by atoms with E-state index in [0.29, 0.717) is 35.1 Å². The summed E-state index contributed by atoms with van der Waals surface area (Å²) >= 11 is 0. The lowest BCUT2D eigenvalue weighted by Gasteiger charge is -2.59. The number of likely N-dealkylation sites (tertiary alicyclic amines) is 1. The van der Waals surface area contributed by atoms with Gasteiger partial charge in [-0.3, -0.25) is 28.5 Å². The van der Waals surface area contributed by atoms with E-state index in [9.17, 15) is 24.0 Å². The van der Waals surface area contributed by atoms with Crippen LogP contribution in [0.25, 0.3) is 32.9 Å². The van der Waals surface area contributed by atoms with Gasteiger partial charge in [0.25, 0.3) is 0 Å². The number of ketones is 1. The zero-order valence-electron chi connectivity index (χ0n) is 27.4. The van der Waals surface area contributed by atoms with Crippen molar-refractivity contribution in [2.45, 2.75) is 45.1 Å². The smallest absolute Gasteiger partial charge is 0.325 e. The topological polar surface area (TPSA) is 149 Å². The molecule has 0 unspecified atom stereocenters. The number of methoxy groups -OCH3 is 1. The molecule has 3 amide bonds. The van der Waals surface area contributed by atoms with Gasteiger partial charge < -0.3 is 24.6 Å². The molecule has 1 saturated heterocycles. The van der Waals surface area contributed by atoms with Gasteiger partial charge in [-0.2, -0.15) is 10.2 Å². The number of Topliss-reactive ketones (excluding diaryl/α,β-unsaturated/α-hetero) is 1. The van der Waals surface area contributed by atoms with Gasteiger partial charge in [0.1, 0.15) is 24.7 Å². The van der Waals surface area contributed by atoms with Crippen LogP contribution in [0.3, 0.4) is 0 Å². The Morgan fingerprint density at radius 2 is 1.83 bits per heavy atom. The van der Waals surface area contributed by atoms with Crippen LogP contribution in [0.4, 0.5) is 4.39 Å². The Kier molecular flexibility index (Phi) is 8.75. The van der Waals surface area contributed by atoms with Crippen molar-refractivity contribution in [3.8, 4) is 11.1 Å². The molecule has 252 valence electrons. The van der Waals surface area contributed by atoms with E-state index in [1.165, 1.54) is 32.0 Å². The van der Waals surface area contributed by atoms with Crippen molar-refractivity contribution in [2.75, 3.05) is 40.3 Å². The van der Waals surface area contributed by atoms with E-state index in [4.69, 9.17) is 5.10 Å². The molecular weight excluding hydrogens is 621 g/mol. The minimum atomic E-state index is -0.602. The summed E-state index contributed by atoms with van der Waals surface area (Å²) in [7, 11) is 4.51. The Morgan fingerprint density at radius 3 is 2.54 bits per heavy atom. The number of carbonyl (C=O) groups excluding carboxylic acids is 5. The number of carbonyl (C=O) groups is 5. The fraction of sp³-hybridized carbons (Fsp3) is 0.441. The molecule has 0 bridgehead atoms. The SMILES string of the molecule is COC(=O)CNC(=O)CN(C)C(=O)Cn1nc(C2CC3(C2)CN(C(=O)CCC(C)=O)C3)c2c(-c3cc4c(cnn4C)cc3F)cccc21. The van der Waals surface area contributed by atoms with Crippen LogP contribution in [0.1, 0.15) is 44.2 Å². The third-order valence-corrected chi connectivity index (χ3v) is 9.52. The Labute approximate surface area is 276 Å². The first kappa shape index (κ1) is 32.8. The number of aryl methyl sites for hydroxylation is 1. The molecule has 1 spiro atoms. The second-order valence-corrected chi connectivity index (χ2v) is 13.1.